The SMILES string of the molecule is O=C(COC(=O)Cc1ccc(F)cc1)Nc1c(F)cccc1F. The van der Waals surface area contributed by atoms with Crippen molar-refractivity contribution in [2.45, 2.75) is 6.42 Å². The first kappa shape index (κ1) is 16.5. The summed E-state index contributed by atoms with van der Waals surface area (Å²) in [6.45, 7) is -0.687. The van der Waals surface area contributed by atoms with Gasteiger partial charge in [0.05, 0.1) is 6.42 Å². The Bertz CT molecular complexity index is 697. The highest BCUT2D eigenvalue weighted by atomic mass is 19.1. The number of carbonyl (C=O) groups is 2. The normalized spacial score (nSPS) is 10.2. The van der Waals surface area contributed by atoms with Crippen molar-refractivity contribution in [2.75, 3.05) is 11.9 Å². The molecule has 0 saturated heterocycles. The predicted octanol–water partition coefficient (Wildman–Crippen LogP) is 2.83. The first-order valence-electron chi connectivity index (χ1n) is 6.59. The molecule has 0 aliphatic carbocycles. The van der Waals surface area contributed by atoms with Gasteiger partial charge in [-0.3, -0.25) is 9.59 Å². The van der Waals surface area contributed by atoms with E-state index in [0.29, 0.717) is 5.56 Å². The number of para-hydroxylation sites is 1. The van der Waals surface area contributed by atoms with E-state index in [1.54, 1.807) is 0 Å². The average Bonchev–Trinajstić information content (AvgIpc) is 2.51. The van der Waals surface area contributed by atoms with Gasteiger partial charge in [-0.1, -0.05) is 18.2 Å². The van der Waals surface area contributed by atoms with Crippen LogP contribution in [0.25, 0.3) is 0 Å². The molecular weight excluding hydrogens is 311 g/mol. The number of halogens is 3. The van der Waals surface area contributed by atoms with Crippen molar-refractivity contribution in [2.24, 2.45) is 0 Å². The molecule has 0 heterocycles. The van der Waals surface area contributed by atoms with Crippen LogP contribution in [0.1, 0.15) is 5.56 Å². The van der Waals surface area contributed by atoms with Gasteiger partial charge in [0.1, 0.15) is 23.1 Å². The lowest BCUT2D eigenvalue weighted by molar-refractivity contribution is -0.146. The standard InChI is InChI=1S/C16H12F3NO3/c17-11-6-4-10(5-7-11)8-15(22)23-9-14(21)20-16-12(18)2-1-3-13(16)19/h1-7H,8-9H2,(H,20,21). The second-order valence-corrected chi connectivity index (χ2v) is 4.61. The molecule has 1 amide bonds. The Balaban J connectivity index is 1.84. The van der Waals surface area contributed by atoms with Gasteiger partial charge in [-0.15, -0.1) is 0 Å². The van der Waals surface area contributed by atoms with Crippen LogP contribution in [-0.2, 0) is 20.7 Å². The molecule has 23 heavy (non-hydrogen) atoms. The number of benzene rings is 2. The van der Waals surface area contributed by atoms with Gasteiger partial charge < -0.3 is 10.1 Å². The Hall–Kier alpha value is -2.83. The fourth-order valence-electron chi connectivity index (χ4n) is 1.76. The van der Waals surface area contributed by atoms with Crippen LogP contribution in [0, 0.1) is 17.5 Å². The zero-order valence-corrected chi connectivity index (χ0v) is 11.8. The molecule has 1 N–H and O–H groups in total. The number of amides is 1. The molecular formula is C16H12F3NO3. The van der Waals surface area contributed by atoms with E-state index in [9.17, 15) is 22.8 Å². The van der Waals surface area contributed by atoms with E-state index in [-0.39, 0.29) is 6.42 Å². The summed E-state index contributed by atoms with van der Waals surface area (Å²) in [6.07, 6.45) is -0.151. The molecule has 4 nitrogen and oxygen atoms in total. The molecule has 2 aromatic carbocycles. The summed E-state index contributed by atoms with van der Waals surface area (Å²) in [6, 6.07) is 8.32. The molecule has 2 aromatic rings. The van der Waals surface area contributed by atoms with Crippen LogP contribution in [0.4, 0.5) is 18.9 Å². The third-order valence-corrected chi connectivity index (χ3v) is 2.85. The maximum Gasteiger partial charge on any atom is 0.310 e. The van der Waals surface area contributed by atoms with Crippen LogP contribution >= 0.6 is 0 Å². The number of carbonyl (C=O) groups excluding carboxylic acids is 2. The Labute approximate surface area is 129 Å². The molecule has 2 rings (SSSR count). The minimum absolute atomic E-state index is 0.151. The first-order valence-corrected chi connectivity index (χ1v) is 6.59. The predicted molar refractivity (Wildman–Crippen MR) is 76.1 cm³/mol. The van der Waals surface area contributed by atoms with Gasteiger partial charge >= 0.3 is 5.97 Å². The van der Waals surface area contributed by atoms with Crippen molar-refractivity contribution in [3.05, 3.63) is 65.5 Å². The van der Waals surface area contributed by atoms with Crippen molar-refractivity contribution >= 4 is 17.6 Å². The number of esters is 1. The van der Waals surface area contributed by atoms with Crippen molar-refractivity contribution in [3.63, 3.8) is 0 Å². The summed E-state index contributed by atoms with van der Waals surface area (Å²) in [5, 5.41) is 1.99. The zero-order valence-electron chi connectivity index (χ0n) is 11.8. The molecule has 0 aromatic heterocycles. The molecule has 0 fully saturated rings. The molecule has 0 unspecified atom stereocenters. The lowest BCUT2D eigenvalue weighted by atomic mass is 10.1. The smallest absolute Gasteiger partial charge is 0.310 e. The van der Waals surface area contributed by atoms with E-state index >= 15 is 0 Å². The monoisotopic (exact) mass is 323 g/mol. The number of hydrogen-bond acceptors (Lipinski definition) is 3. The second-order valence-electron chi connectivity index (χ2n) is 4.61. The number of anilines is 1. The van der Waals surface area contributed by atoms with E-state index in [2.05, 4.69) is 0 Å². The minimum atomic E-state index is -0.934. The number of nitrogens with one attached hydrogen (secondary N) is 1. The third kappa shape index (κ3) is 4.84. The summed E-state index contributed by atoms with van der Waals surface area (Å²) in [5.41, 5.74) is -0.0935. The van der Waals surface area contributed by atoms with E-state index in [1.165, 1.54) is 24.3 Å². The van der Waals surface area contributed by atoms with E-state index in [1.807, 2.05) is 5.32 Å². The number of rotatable bonds is 5. The number of ether oxygens (including phenoxy) is 1. The second kappa shape index (κ2) is 7.44. The van der Waals surface area contributed by atoms with Gasteiger partial charge in [0, 0.05) is 0 Å². The lowest BCUT2D eigenvalue weighted by Gasteiger charge is -2.08. The zero-order chi connectivity index (χ0) is 16.8. The molecule has 0 radical (unpaired) electrons. The van der Waals surface area contributed by atoms with Crippen molar-refractivity contribution in [3.8, 4) is 0 Å². The Kier molecular flexibility index (Phi) is 5.35. The summed E-state index contributed by atoms with van der Waals surface area (Å²) in [4.78, 5) is 23.1. The first-order chi connectivity index (χ1) is 11.0. The summed E-state index contributed by atoms with van der Waals surface area (Å²) >= 11 is 0. The van der Waals surface area contributed by atoms with E-state index in [0.717, 1.165) is 18.2 Å². The van der Waals surface area contributed by atoms with Crippen molar-refractivity contribution < 1.29 is 27.5 Å². The van der Waals surface area contributed by atoms with Gasteiger partial charge in [0.25, 0.3) is 5.91 Å². The quantitative estimate of drug-likeness (QED) is 0.861. The Morgan fingerprint density at radius 1 is 0.957 bits per heavy atom. The van der Waals surface area contributed by atoms with Crippen LogP contribution in [-0.4, -0.2) is 18.5 Å². The molecule has 0 aliphatic heterocycles. The molecule has 0 atom stereocenters. The summed E-state index contributed by atoms with van der Waals surface area (Å²) in [5.74, 6) is -3.90. The number of hydrogen-bond donors (Lipinski definition) is 1. The fraction of sp³-hybridized carbons (Fsp3) is 0.125. The van der Waals surface area contributed by atoms with Crippen molar-refractivity contribution in [1.29, 1.82) is 0 Å². The maximum absolute atomic E-state index is 13.3. The van der Waals surface area contributed by atoms with Crippen LogP contribution in [0.3, 0.4) is 0 Å². The van der Waals surface area contributed by atoms with Crippen LogP contribution in [0.2, 0.25) is 0 Å². The molecule has 120 valence electrons. The molecule has 7 heteroatoms. The summed E-state index contributed by atoms with van der Waals surface area (Å²) < 4.78 is 44.1. The topological polar surface area (TPSA) is 55.4 Å². The van der Waals surface area contributed by atoms with Gasteiger partial charge in [-0.25, -0.2) is 13.2 Å². The van der Waals surface area contributed by atoms with Crippen molar-refractivity contribution in [1.82, 2.24) is 0 Å². The third-order valence-electron chi connectivity index (χ3n) is 2.85. The summed E-state index contributed by atoms with van der Waals surface area (Å²) in [7, 11) is 0. The Morgan fingerprint density at radius 3 is 2.17 bits per heavy atom. The fourth-order valence-corrected chi connectivity index (χ4v) is 1.76. The van der Waals surface area contributed by atoms with Crippen LogP contribution in [0.5, 0.6) is 0 Å². The van der Waals surface area contributed by atoms with Gasteiger partial charge in [-0.05, 0) is 29.8 Å². The van der Waals surface area contributed by atoms with E-state index < -0.39 is 41.6 Å². The molecule has 0 bridgehead atoms. The Morgan fingerprint density at radius 2 is 1.57 bits per heavy atom. The maximum atomic E-state index is 13.3. The molecule has 0 saturated carbocycles. The highest BCUT2D eigenvalue weighted by Crippen LogP contribution is 2.17. The van der Waals surface area contributed by atoms with Gasteiger partial charge in [0.15, 0.2) is 6.61 Å². The average molecular weight is 323 g/mol. The van der Waals surface area contributed by atoms with Crippen LogP contribution < -0.4 is 5.32 Å². The molecule has 0 aliphatic rings. The minimum Gasteiger partial charge on any atom is -0.455 e. The van der Waals surface area contributed by atoms with Crippen LogP contribution in [0.15, 0.2) is 42.5 Å². The van der Waals surface area contributed by atoms with Gasteiger partial charge in [0.2, 0.25) is 0 Å². The molecule has 0 spiro atoms. The van der Waals surface area contributed by atoms with E-state index in [4.69, 9.17) is 4.74 Å². The largest absolute Gasteiger partial charge is 0.455 e. The highest BCUT2D eigenvalue weighted by Gasteiger charge is 2.13. The van der Waals surface area contributed by atoms with Gasteiger partial charge in [-0.2, -0.15) is 0 Å². The highest BCUT2D eigenvalue weighted by molar-refractivity contribution is 5.93. The lowest BCUT2D eigenvalue weighted by Crippen LogP contribution is -2.22.